The Labute approximate surface area is 214 Å². The van der Waals surface area contributed by atoms with Gasteiger partial charge in [-0.2, -0.15) is 0 Å². The van der Waals surface area contributed by atoms with Gasteiger partial charge < -0.3 is 9.47 Å². The Bertz CT molecular complexity index is 1210. The summed E-state index contributed by atoms with van der Waals surface area (Å²) in [6.07, 6.45) is 3.03. The first kappa shape index (κ1) is 25.4. The van der Waals surface area contributed by atoms with Crippen molar-refractivity contribution in [2.24, 2.45) is 0 Å². The summed E-state index contributed by atoms with van der Waals surface area (Å²) in [5, 5.41) is 2.02. The number of thioether (sulfide) groups is 1. The molecule has 1 aliphatic heterocycles. The van der Waals surface area contributed by atoms with Gasteiger partial charge in [-0.15, -0.1) is 0 Å². The average molecular weight is 505 g/mol. The maximum atomic E-state index is 12.7. The van der Waals surface area contributed by atoms with Crippen LogP contribution in [0.15, 0.2) is 72.9 Å². The maximum Gasteiger partial charge on any atom is 0.338 e. The Balaban J connectivity index is 1.41. The van der Waals surface area contributed by atoms with Crippen molar-refractivity contribution < 1.29 is 23.9 Å². The van der Waals surface area contributed by atoms with Crippen molar-refractivity contribution >= 4 is 28.9 Å². The van der Waals surface area contributed by atoms with Crippen molar-refractivity contribution in [1.82, 2.24) is 10.3 Å². The van der Waals surface area contributed by atoms with Crippen molar-refractivity contribution in [2.75, 3.05) is 6.61 Å². The number of rotatable bonds is 10. The van der Waals surface area contributed by atoms with E-state index in [-0.39, 0.29) is 17.8 Å². The first-order chi connectivity index (χ1) is 17.3. The second kappa shape index (κ2) is 11.4. The lowest BCUT2D eigenvalue weighted by molar-refractivity contribution is -0.121. The van der Waals surface area contributed by atoms with E-state index in [4.69, 9.17) is 9.47 Å². The van der Waals surface area contributed by atoms with Crippen molar-refractivity contribution in [3.05, 3.63) is 95.3 Å². The van der Waals surface area contributed by atoms with Crippen LogP contribution < -0.4 is 10.1 Å². The van der Waals surface area contributed by atoms with Crippen LogP contribution >= 0.6 is 11.8 Å². The van der Waals surface area contributed by atoms with Gasteiger partial charge in [-0.1, -0.05) is 43.3 Å². The topological polar surface area (TPSA) is 94.6 Å². The van der Waals surface area contributed by atoms with E-state index in [1.54, 1.807) is 37.4 Å². The number of benzene rings is 2. The number of nitrogens with zero attached hydrogens (tertiary/aromatic N) is 1. The first-order valence-corrected chi connectivity index (χ1v) is 12.6. The van der Waals surface area contributed by atoms with Crippen LogP contribution in [0.5, 0.6) is 5.75 Å². The molecule has 1 N–H and O–H groups in total. The number of carbonyl (C=O) groups is 3. The number of carbonyl (C=O) groups excluding carboxylic acids is 3. The van der Waals surface area contributed by atoms with Crippen LogP contribution in [0.3, 0.4) is 0 Å². The molecular formula is C28H28N2O5S. The Morgan fingerprint density at radius 1 is 1.03 bits per heavy atom. The molecule has 1 saturated heterocycles. The Hall–Kier alpha value is -3.65. The molecule has 1 aromatic heterocycles. The third-order valence-corrected chi connectivity index (χ3v) is 6.98. The van der Waals surface area contributed by atoms with Gasteiger partial charge in [0.25, 0.3) is 5.24 Å². The number of aryl methyl sites for hydroxylation is 1. The summed E-state index contributed by atoms with van der Waals surface area (Å²) in [7, 11) is 0. The number of hydrogen-bond acceptors (Lipinski definition) is 7. The number of aromatic nitrogens is 1. The highest BCUT2D eigenvalue weighted by Crippen LogP contribution is 2.35. The number of nitrogens with one attached hydrogen (secondary N) is 1. The number of hydrogen-bond donors (Lipinski definition) is 1. The van der Waals surface area contributed by atoms with Gasteiger partial charge in [-0.25, -0.2) is 4.79 Å². The quantitative estimate of drug-likeness (QED) is 0.397. The largest absolute Gasteiger partial charge is 0.490 e. The molecule has 2 heterocycles. The van der Waals surface area contributed by atoms with E-state index in [0.717, 1.165) is 35.0 Å². The van der Waals surface area contributed by atoms with Gasteiger partial charge in [0.2, 0.25) is 5.91 Å². The lowest BCUT2D eigenvalue weighted by atomic mass is 9.99. The lowest BCUT2D eigenvalue weighted by Gasteiger charge is -2.20. The zero-order chi connectivity index (χ0) is 25.5. The first-order valence-electron chi connectivity index (χ1n) is 11.8. The normalized spacial score (nSPS) is 17.9. The molecule has 2 amide bonds. The second-order valence-corrected chi connectivity index (χ2v) is 10.3. The van der Waals surface area contributed by atoms with Crippen LogP contribution in [0.1, 0.15) is 41.0 Å². The molecule has 36 heavy (non-hydrogen) atoms. The van der Waals surface area contributed by atoms with Crippen LogP contribution in [0.25, 0.3) is 0 Å². The van der Waals surface area contributed by atoms with Gasteiger partial charge in [-0.05, 0) is 73.0 Å². The summed E-state index contributed by atoms with van der Waals surface area (Å²) in [6, 6.07) is 20.2. The summed E-state index contributed by atoms with van der Waals surface area (Å²) in [6.45, 7) is 3.97. The second-order valence-electron chi connectivity index (χ2n) is 8.82. The van der Waals surface area contributed by atoms with Crippen LogP contribution in [0.2, 0.25) is 0 Å². The highest BCUT2D eigenvalue weighted by atomic mass is 32.2. The van der Waals surface area contributed by atoms with Crippen LogP contribution in [0.4, 0.5) is 4.79 Å². The zero-order valence-electron chi connectivity index (χ0n) is 20.2. The fraction of sp³-hybridized carbons (Fsp3) is 0.286. The van der Waals surface area contributed by atoms with E-state index < -0.39 is 16.8 Å². The number of ether oxygens (including phenoxy) is 2. The van der Waals surface area contributed by atoms with Gasteiger partial charge in [0.1, 0.15) is 23.2 Å². The number of amides is 2. The van der Waals surface area contributed by atoms with Gasteiger partial charge in [0.05, 0.1) is 5.56 Å². The summed E-state index contributed by atoms with van der Waals surface area (Å²) < 4.78 is 10.9. The molecule has 0 radical (unpaired) electrons. The molecular weight excluding hydrogens is 476 g/mol. The monoisotopic (exact) mass is 504 g/mol. The minimum atomic E-state index is -0.822. The van der Waals surface area contributed by atoms with E-state index >= 15 is 0 Å². The van der Waals surface area contributed by atoms with E-state index in [2.05, 4.69) is 10.3 Å². The van der Waals surface area contributed by atoms with Crippen LogP contribution in [0, 0.1) is 0 Å². The highest BCUT2D eigenvalue weighted by molar-refractivity contribution is 8.16. The molecule has 2 atom stereocenters. The molecule has 0 aliphatic carbocycles. The predicted octanol–water partition coefficient (Wildman–Crippen LogP) is 4.78. The Morgan fingerprint density at radius 2 is 1.75 bits per heavy atom. The van der Waals surface area contributed by atoms with Crippen molar-refractivity contribution in [2.45, 2.75) is 44.0 Å². The van der Waals surface area contributed by atoms with Gasteiger partial charge in [0, 0.05) is 18.3 Å². The van der Waals surface area contributed by atoms with Crippen LogP contribution in [-0.2, 0) is 28.8 Å². The molecule has 2 aromatic carbocycles. The van der Waals surface area contributed by atoms with Gasteiger partial charge in [-0.3, -0.25) is 19.9 Å². The molecule has 2 unspecified atom stereocenters. The standard InChI is InChI=1S/C28H28N2O5S/c1-3-22-12-9-20(17-29-22)15-24(35-25(31)21-7-5-4-6-8-21)18-34-23-13-10-19(11-14-23)16-28(2)26(32)30-27(33)36-28/h4-14,17,24H,3,15-16,18H2,1-2H3,(H,30,32,33). The van der Waals surface area contributed by atoms with Crippen molar-refractivity contribution in [3.63, 3.8) is 0 Å². The minimum Gasteiger partial charge on any atom is -0.490 e. The fourth-order valence-corrected chi connectivity index (χ4v) is 4.81. The molecule has 4 rings (SSSR count). The van der Waals surface area contributed by atoms with E-state index in [1.165, 1.54) is 0 Å². The smallest absolute Gasteiger partial charge is 0.338 e. The molecule has 1 fully saturated rings. The number of imide groups is 1. The third-order valence-electron chi connectivity index (χ3n) is 5.91. The van der Waals surface area contributed by atoms with E-state index in [9.17, 15) is 14.4 Å². The van der Waals surface area contributed by atoms with E-state index in [1.807, 2.05) is 49.4 Å². The zero-order valence-corrected chi connectivity index (χ0v) is 21.0. The van der Waals surface area contributed by atoms with Crippen molar-refractivity contribution in [1.29, 1.82) is 0 Å². The summed E-state index contributed by atoms with van der Waals surface area (Å²) in [4.78, 5) is 40.8. The predicted molar refractivity (Wildman–Crippen MR) is 138 cm³/mol. The number of esters is 1. The molecule has 0 bridgehead atoms. The Morgan fingerprint density at radius 3 is 2.36 bits per heavy atom. The average Bonchev–Trinajstić information content (AvgIpc) is 3.14. The third kappa shape index (κ3) is 6.51. The molecule has 8 heteroatoms. The summed E-state index contributed by atoms with van der Waals surface area (Å²) in [5.74, 6) is -0.0705. The van der Waals surface area contributed by atoms with Gasteiger partial charge in [0.15, 0.2) is 0 Å². The fourth-order valence-electron chi connectivity index (χ4n) is 3.88. The molecule has 3 aromatic rings. The van der Waals surface area contributed by atoms with E-state index in [0.29, 0.717) is 24.2 Å². The maximum absolute atomic E-state index is 12.7. The summed E-state index contributed by atoms with van der Waals surface area (Å²) >= 11 is 1.01. The molecule has 7 nitrogen and oxygen atoms in total. The lowest BCUT2D eigenvalue weighted by Crippen LogP contribution is -2.35. The van der Waals surface area contributed by atoms with Crippen molar-refractivity contribution in [3.8, 4) is 5.75 Å². The SMILES string of the molecule is CCc1ccc(CC(COc2ccc(CC3(C)SC(=O)NC3=O)cc2)OC(=O)c2ccccc2)cn1. The highest BCUT2D eigenvalue weighted by Gasteiger charge is 2.43. The van der Waals surface area contributed by atoms with Gasteiger partial charge >= 0.3 is 5.97 Å². The summed E-state index contributed by atoms with van der Waals surface area (Å²) in [5.41, 5.74) is 3.34. The minimum absolute atomic E-state index is 0.165. The Kier molecular flexibility index (Phi) is 8.05. The number of pyridine rings is 1. The van der Waals surface area contributed by atoms with Crippen LogP contribution in [-0.4, -0.2) is 39.6 Å². The molecule has 186 valence electrons. The molecule has 0 spiro atoms. The molecule has 1 aliphatic rings. The molecule has 0 saturated carbocycles.